The number of unbranched alkanes of at least 4 members (excludes halogenated alkanes) is 4. The van der Waals surface area contributed by atoms with Crippen molar-refractivity contribution in [3.05, 3.63) is 22.4 Å². The van der Waals surface area contributed by atoms with Gasteiger partial charge in [-0.1, -0.05) is 25.3 Å². The molecular weight excluding hydrogens is 407 g/mol. The van der Waals surface area contributed by atoms with Gasteiger partial charge in [0.2, 0.25) is 0 Å². The first-order valence-electron chi connectivity index (χ1n) is 7.84. The Morgan fingerprint density at radius 3 is 2.50 bits per heavy atom. The molecule has 1 aromatic heterocycles. The largest absolute Gasteiger partial charge is 0.356 e. The normalized spacial score (nSPS) is 11.4. The van der Waals surface area contributed by atoms with Crippen LogP contribution in [0.5, 0.6) is 0 Å². The number of guanidine groups is 1. The van der Waals surface area contributed by atoms with E-state index in [-0.39, 0.29) is 24.0 Å². The number of hydrogen-bond donors (Lipinski definition) is 2. The van der Waals surface area contributed by atoms with Crippen LogP contribution in [0.3, 0.4) is 0 Å². The molecule has 0 atom stereocenters. The van der Waals surface area contributed by atoms with Crippen molar-refractivity contribution in [1.82, 2.24) is 15.5 Å². The van der Waals surface area contributed by atoms with Crippen molar-refractivity contribution in [3.63, 3.8) is 0 Å². The van der Waals surface area contributed by atoms with Crippen molar-refractivity contribution >= 4 is 41.3 Å². The number of hydrogen-bond acceptors (Lipinski definition) is 3. The van der Waals surface area contributed by atoms with Crippen molar-refractivity contribution in [2.75, 3.05) is 34.2 Å². The van der Waals surface area contributed by atoms with Gasteiger partial charge in [-0.25, -0.2) is 0 Å². The molecule has 1 heterocycles. The third kappa shape index (κ3) is 11.3. The Morgan fingerprint density at radius 1 is 1.14 bits per heavy atom. The summed E-state index contributed by atoms with van der Waals surface area (Å²) >= 11 is 1.77. The molecule has 0 bridgehead atoms. The van der Waals surface area contributed by atoms with Crippen LogP contribution in [0.15, 0.2) is 22.5 Å². The standard InChI is InChI=1S/C16H30N4S.HI/c1-17-16(19-14-15-10-9-13-21-15)18-11-7-5-4-6-8-12-20(2)3;/h9-10,13H,4-8,11-12,14H2,1-3H3,(H2,17,18,19);1H. The highest BCUT2D eigenvalue weighted by Gasteiger charge is 1.98. The third-order valence-corrected chi connectivity index (χ3v) is 4.18. The van der Waals surface area contributed by atoms with Crippen LogP contribution in [0.1, 0.15) is 37.0 Å². The molecule has 0 aliphatic heterocycles. The topological polar surface area (TPSA) is 39.7 Å². The van der Waals surface area contributed by atoms with Crippen LogP contribution in [-0.2, 0) is 6.54 Å². The second-order valence-corrected chi connectivity index (χ2v) is 6.54. The molecule has 0 aliphatic carbocycles. The first-order chi connectivity index (χ1) is 10.2. The summed E-state index contributed by atoms with van der Waals surface area (Å²) in [5.41, 5.74) is 0. The van der Waals surface area contributed by atoms with Crippen molar-refractivity contribution < 1.29 is 0 Å². The summed E-state index contributed by atoms with van der Waals surface area (Å²) in [5.74, 6) is 0.899. The van der Waals surface area contributed by atoms with Crippen LogP contribution >= 0.6 is 35.3 Å². The second-order valence-electron chi connectivity index (χ2n) is 5.50. The maximum absolute atomic E-state index is 4.25. The fourth-order valence-electron chi connectivity index (χ4n) is 2.09. The van der Waals surface area contributed by atoms with Crippen LogP contribution < -0.4 is 10.6 Å². The Labute approximate surface area is 156 Å². The molecule has 0 saturated carbocycles. The van der Waals surface area contributed by atoms with Gasteiger partial charge in [0.15, 0.2) is 5.96 Å². The Morgan fingerprint density at radius 2 is 1.86 bits per heavy atom. The SMILES string of the molecule is CN=C(NCCCCCCCN(C)C)NCc1cccs1.I. The molecule has 22 heavy (non-hydrogen) atoms. The molecule has 0 amide bonds. The highest BCUT2D eigenvalue weighted by Crippen LogP contribution is 2.07. The smallest absolute Gasteiger partial charge is 0.191 e. The molecule has 0 aliphatic rings. The van der Waals surface area contributed by atoms with Crippen molar-refractivity contribution in [1.29, 1.82) is 0 Å². The molecule has 0 fully saturated rings. The fraction of sp³-hybridized carbons (Fsp3) is 0.688. The molecule has 6 heteroatoms. The summed E-state index contributed by atoms with van der Waals surface area (Å²) in [4.78, 5) is 7.83. The van der Waals surface area contributed by atoms with E-state index in [0.717, 1.165) is 19.0 Å². The van der Waals surface area contributed by atoms with E-state index in [9.17, 15) is 0 Å². The van der Waals surface area contributed by atoms with Crippen molar-refractivity contribution in [2.24, 2.45) is 4.99 Å². The van der Waals surface area contributed by atoms with Crippen molar-refractivity contribution in [3.8, 4) is 0 Å². The molecule has 4 nitrogen and oxygen atoms in total. The van der Waals surface area contributed by atoms with E-state index in [1.165, 1.54) is 43.5 Å². The molecule has 1 aromatic rings. The maximum Gasteiger partial charge on any atom is 0.191 e. The second kappa shape index (κ2) is 14.3. The number of thiophene rings is 1. The summed E-state index contributed by atoms with van der Waals surface area (Å²) in [6.45, 7) is 3.05. The first kappa shape index (κ1) is 21.7. The Bertz CT molecular complexity index is 380. The maximum atomic E-state index is 4.25. The average Bonchev–Trinajstić information content (AvgIpc) is 2.98. The minimum atomic E-state index is 0. The van der Waals surface area contributed by atoms with E-state index in [4.69, 9.17) is 0 Å². The molecule has 0 aromatic carbocycles. The van der Waals surface area contributed by atoms with Crippen LogP contribution in [0.4, 0.5) is 0 Å². The number of halogens is 1. The third-order valence-electron chi connectivity index (χ3n) is 3.31. The van der Waals surface area contributed by atoms with Crippen LogP contribution in [0.2, 0.25) is 0 Å². The van der Waals surface area contributed by atoms with Gasteiger partial charge in [0.1, 0.15) is 0 Å². The van der Waals surface area contributed by atoms with Crippen LogP contribution in [0.25, 0.3) is 0 Å². The van der Waals surface area contributed by atoms with E-state index < -0.39 is 0 Å². The Kier molecular flexibility index (Phi) is 14.0. The van der Waals surface area contributed by atoms with Gasteiger partial charge in [0.25, 0.3) is 0 Å². The van der Waals surface area contributed by atoms with Crippen LogP contribution in [-0.4, -0.2) is 45.1 Å². The van der Waals surface area contributed by atoms with Crippen LogP contribution in [0, 0.1) is 0 Å². The van der Waals surface area contributed by atoms with Gasteiger partial charge in [0.05, 0.1) is 6.54 Å². The minimum absolute atomic E-state index is 0. The predicted octanol–water partition coefficient (Wildman–Crippen LogP) is 3.54. The lowest BCUT2D eigenvalue weighted by Gasteiger charge is -2.11. The number of nitrogens with one attached hydrogen (secondary N) is 2. The van der Waals surface area contributed by atoms with Gasteiger partial charge >= 0.3 is 0 Å². The summed E-state index contributed by atoms with van der Waals surface area (Å²) in [7, 11) is 6.10. The first-order valence-corrected chi connectivity index (χ1v) is 8.72. The van der Waals surface area contributed by atoms with E-state index in [1.54, 1.807) is 11.3 Å². The highest BCUT2D eigenvalue weighted by molar-refractivity contribution is 14.0. The summed E-state index contributed by atoms with van der Waals surface area (Å²) in [6.07, 6.45) is 6.48. The predicted molar refractivity (Wildman–Crippen MR) is 110 cm³/mol. The fourth-order valence-corrected chi connectivity index (χ4v) is 2.74. The van der Waals surface area contributed by atoms with Gasteiger partial charge in [-0.3, -0.25) is 4.99 Å². The van der Waals surface area contributed by atoms with Gasteiger partial charge < -0.3 is 15.5 Å². The van der Waals surface area contributed by atoms with E-state index >= 15 is 0 Å². The number of aliphatic imine (C=N–C) groups is 1. The van der Waals surface area contributed by atoms with Gasteiger partial charge in [-0.2, -0.15) is 0 Å². The zero-order valence-electron chi connectivity index (χ0n) is 14.1. The van der Waals surface area contributed by atoms with E-state index in [1.807, 2.05) is 7.05 Å². The number of nitrogens with zero attached hydrogens (tertiary/aromatic N) is 2. The van der Waals surface area contributed by atoms with Crippen molar-refractivity contribution in [2.45, 2.75) is 38.6 Å². The molecule has 128 valence electrons. The molecule has 1 rings (SSSR count). The molecular formula is C16H31IN4S. The van der Waals surface area contributed by atoms with Gasteiger partial charge in [0, 0.05) is 18.5 Å². The lowest BCUT2D eigenvalue weighted by atomic mass is 10.1. The molecule has 2 N–H and O–H groups in total. The Hall–Kier alpha value is -0.340. The molecule has 0 unspecified atom stereocenters. The van der Waals surface area contributed by atoms with E-state index in [2.05, 4.69) is 52.1 Å². The zero-order chi connectivity index (χ0) is 15.3. The van der Waals surface area contributed by atoms with Gasteiger partial charge in [-0.15, -0.1) is 35.3 Å². The molecule has 0 spiro atoms. The van der Waals surface area contributed by atoms with E-state index in [0.29, 0.717) is 0 Å². The zero-order valence-corrected chi connectivity index (χ0v) is 17.2. The highest BCUT2D eigenvalue weighted by atomic mass is 127. The molecule has 0 saturated heterocycles. The summed E-state index contributed by atoms with van der Waals surface area (Å²) in [5, 5.41) is 8.82. The number of rotatable bonds is 10. The summed E-state index contributed by atoms with van der Waals surface area (Å²) in [6, 6.07) is 4.22. The van der Waals surface area contributed by atoms with Gasteiger partial charge in [-0.05, 0) is 44.9 Å². The monoisotopic (exact) mass is 438 g/mol. The average molecular weight is 438 g/mol. The minimum Gasteiger partial charge on any atom is -0.356 e. The lowest BCUT2D eigenvalue weighted by molar-refractivity contribution is 0.389. The summed E-state index contributed by atoms with van der Waals surface area (Å²) < 4.78 is 0. The lowest BCUT2D eigenvalue weighted by Crippen LogP contribution is -2.37. The Balaban J connectivity index is 0.00000441. The molecule has 0 radical (unpaired) electrons. The quantitative estimate of drug-likeness (QED) is 0.254.